The third kappa shape index (κ3) is 3.24. The zero-order valence-electron chi connectivity index (χ0n) is 10.6. The van der Waals surface area contributed by atoms with E-state index in [0.717, 1.165) is 16.2 Å². The number of aromatic nitrogens is 2. The van der Waals surface area contributed by atoms with Gasteiger partial charge in [-0.3, -0.25) is 14.6 Å². The molecule has 0 radical (unpaired) electrons. The molecule has 0 aliphatic rings. The minimum absolute atomic E-state index is 0.131. The summed E-state index contributed by atoms with van der Waals surface area (Å²) in [5.74, 6) is -0.544. The number of benzene rings is 1. The fourth-order valence-electron chi connectivity index (χ4n) is 1.69. The summed E-state index contributed by atoms with van der Waals surface area (Å²) in [5, 5.41) is 2.70. The summed E-state index contributed by atoms with van der Waals surface area (Å²) in [5.41, 5.74) is -0.585. The van der Waals surface area contributed by atoms with Gasteiger partial charge < -0.3 is 10.3 Å². The van der Waals surface area contributed by atoms with Crippen molar-refractivity contribution in [3.8, 4) is 0 Å². The van der Waals surface area contributed by atoms with Crippen molar-refractivity contribution in [1.29, 1.82) is 0 Å². The number of halogens is 1. The summed E-state index contributed by atoms with van der Waals surface area (Å²) in [6, 6.07) is 7.20. The summed E-state index contributed by atoms with van der Waals surface area (Å²) in [7, 11) is 0. The minimum Gasteiger partial charge on any atom is -0.345 e. The van der Waals surface area contributed by atoms with Crippen LogP contribution < -0.4 is 16.6 Å². The third-order valence-electron chi connectivity index (χ3n) is 2.78. The highest BCUT2D eigenvalue weighted by atomic mass is 79.9. The van der Waals surface area contributed by atoms with E-state index in [9.17, 15) is 14.4 Å². The van der Waals surface area contributed by atoms with Gasteiger partial charge in [0.1, 0.15) is 5.56 Å². The highest BCUT2D eigenvalue weighted by Gasteiger charge is 2.14. The standard InChI is InChI=1S/C13H12BrN3O3/c1-7(8-2-4-9(14)5-3-8)16-11(18)10-6-15-13(20)17-12(10)19/h2-7H,1H3,(H,16,18)(H2,15,17,19,20). The second-order valence-corrected chi connectivity index (χ2v) is 5.15. The SMILES string of the molecule is CC(NC(=O)c1c[nH]c(=O)[nH]c1=O)c1ccc(Br)cc1. The molecule has 6 nitrogen and oxygen atoms in total. The van der Waals surface area contributed by atoms with Gasteiger partial charge in [-0.15, -0.1) is 0 Å². The van der Waals surface area contributed by atoms with E-state index in [0.29, 0.717) is 0 Å². The molecule has 1 aromatic heterocycles. The Morgan fingerprint density at radius 2 is 1.90 bits per heavy atom. The first-order valence-electron chi connectivity index (χ1n) is 5.85. The molecule has 1 amide bonds. The molecular formula is C13H12BrN3O3. The van der Waals surface area contributed by atoms with Gasteiger partial charge in [0, 0.05) is 10.7 Å². The topological polar surface area (TPSA) is 94.8 Å². The Balaban J connectivity index is 2.17. The van der Waals surface area contributed by atoms with E-state index in [1.165, 1.54) is 0 Å². The molecule has 104 valence electrons. The molecule has 1 unspecified atom stereocenters. The molecule has 1 heterocycles. The van der Waals surface area contributed by atoms with Crippen LogP contribution in [0, 0.1) is 0 Å². The number of rotatable bonds is 3. The molecule has 20 heavy (non-hydrogen) atoms. The third-order valence-corrected chi connectivity index (χ3v) is 3.31. The van der Waals surface area contributed by atoms with E-state index in [1.807, 2.05) is 29.2 Å². The van der Waals surface area contributed by atoms with E-state index in [2.05, 4.69) is 26.2 Å². The molecule has 3 N–H and O–H groups in total. The number of hydrogen-bond donors (Lipinski definition) is 3. The van der Waals surface area contributed by atoms with Crippen molar-refractivity contribution in [2.45, 2.75) is 13.0 Å². The van der Waals surface area contributed by atoms with Crippen LogP contribution in [0.1, 0.15) is 28.9 Å². The molecule has 1 atom stereocenters. The molecule has 0 bridgehead atoms. The monoisotopic (exact) mass is 337 g/mol. The first-order chi connectivity index (χ1) is 9.47. The van der Waals surface area contributed by atoms with Gasteiger partial charge >= 0.3 is 5.69 Å². The molecule has 0 spiro atoms. The normalized spacial score (nSPS) is 11.9. The number of amides is 1. The summed E-state index contributed by atoms with van der Waals surface area (Å²) >= 11 is 3.33. The van der Waals surface area contributed by atoms with Crippen LogP contribution in [0.5, 0.6) is 0 Å². The van der Waals surface area contributed by atoms with E-state index < -0.39 is 17.2 Å². The Morgan fingerprint density at radius 1 is 1.25 bits per heavy atom. The van der Waals surface area contributed by atoms with Crippen molar-refractivity contribution in [2.24, 2.45) is 0 Å². The number of hydrogen-bond acceptors (Lipinski definition) is 3. The van der Waals surface area contributed by atoms with Crippen LogP contribution >= 0.6 is 15.9 Å². The van der Waals surface area contributed by atoms with Crippen molar-refractivity contribution in [3.63, 3.8) is 0 Å². The van der Waals surface area contributed by atoms with Crippen LogP contribution in [0.15, 0.2) is 44.5 Å². The maximum Gasteiger partial charge on any atom is 0.325 e. The predicted octanol–water partition coefficient (Wildman–Crippen LogP) is 1.32. The molecule has 2 rings (SSSR count). The van der Waals surface area contributed by atoms with Crippen LogP contribution in [0.25, 0.3) is 0 Å². The van der Waals surface area contributed by atoms with Gasteiger partial charge in [0.05, 0.1) is 6.04 Å². The molecule has 0 saturated carbocycles. The van der Waals surface area contributed by atoms with E-state index in [-0.39, 0.29) is 11.6 Å². The number of aromatic amines is 2. The maximum absolute atomic E-state index is 12.0. The number of H-pyrrole nitrogens is 2. The summed E-state index contributed by atoms with van der Waals surface area (Å²) in [4.78, 5) is 38.6. The minimum atomic E-state index is -0.714. The first kappa shape index (κ1) is 14.3. The number of carbonyl (C=O) groups excluding carboxylic acids is 1. The van der Waals surface area contributed by atoms with Crippen LogP contribution in [0.3, 0.4) is 0 Å². The number of nitrogens with one attached hydrogen (secondary N) is 3. The highest BCUT2D eigenvalue weighted by molar-refractivity contribution is 9.10. The second-order valence-electron chi connectivity index (χ2n) is 4.23. The first-order valence-corrected chi connectivity index (χ1v) is 6.65. The Bertz CT molecular complexity index is 734. The summed E-state index contributed by atoms with van der Waals surface area (Å²) in [6.45, 7) is 1.81. The molecule has 1 aromatic carbocycles. The Hall–Kier alpha value is -2.15. The summed E-state index contributed by atoms with van der Waals surface area (Å²) < 4.78 is 0.942. The van der Waals surface area contributed by atoms with Gasteiger partial charge in [-0.1, -0.05) is 28.1 Å². The molecule has 0 saturated heterocycles. The molecule has 0 fully saturated rings. The van der Waals surface area contributed by atoms with Gasteiger partial charge in [-0.05, 0) is 24.6 Å². The van der Waals surface area contributed by atoms with Gasteiger partial charge in [0.15, 0.2) is 0 Å². The Labute approximate surface area is 122 Å². The zero-order chi connectivity index (χ0) is 14.7. The number of carbonyl (C=O) groups is 1. The fourth-order valence-corrected chi connectivity index (χ4v) is 1.95. The van der Waals surface area contributed by atoms with E-state index >= 15 is 0 Å². The second kappa shape index (κ2) is 5.87. The van der Waals surface area contributed by atoms with Crippen molar-refractivity contribution in [3.05, 3.63) is 66.9 Å². The summed E-state index contributed by atoms with van der Waals surface area (Å²) in [6.07, 6.45) is 1.10. The van der Waals surface area contributed by atoms with Crippen molar-refractivity contribution in [1.82, 2.24) is 15.3 Å². The van der Waals surface area contributed by atoms with Crippen LogP contribution in [-0.4, -0.2) is 15.9 Å². The van der Waals surface area contributed by atoms with E-state index in [4.69, 9.17) is 0 Å². The Morgan fingerprint density at radius 3 is 2.50 bits per heavy atom. The Kier molecular flexibility index (Phi) is 4.19. The van der Waals surface area contributed by atoms with Gasteiger partial charge in [0.2, 0.25) is 0 Å². The molecule has 7 heteroatoms. The van der Waals surface area contributed by atoms with Crippen molar-refractivity contribution >= 4 is 21.8 Å². The molecular weight excluding hydrogens is 326 g/mol. The van der Waals surface area contributed by atoms with Crippen LogP contribution in [0.4, 0.5) is 0 Å². The highest BCUT2D eigenvalue weighted by Crippen LogP contribution is 2.16. The predicted molar refractivity (Wildman–Crippen MR) is 77.7 cm³/mol. The van der Waals surface area contributed by atoms with Crippen molar-refractivity contribution in [2.75, 3.05) is 0 Å². The maximum atomic E-state index is 12.0. The average Bonchev–Trinajstić information content (AvgIpc) is 2.39. The van der Waals surface area contributed by atoms with Gasteiger partial charge in [-0.25, -0.2) is 4.79 Å². The lowest BCUT2D eigenvalue weighted by Gasteiger charge is -2.14. The van der Waals surface area contributed by atoms with Crippen LogP contribution in [0.2, 0.25) is 0 Å². The average molecular weight is 338 g/mol. The lowest BCUT2D eigenvalue weighted by Crippen LogP contribution is -2.34. The quantitative estimate of drug-likeness (QED) is 0.788. The zero-order valence-corrected chi connectivity index (χ0v) is 12.2. The smallest absolute Gasteiger partial charge is 0.325 e. The van der Waals surface area contributed by atoms with Gasteiger partial charge in [0.25, 0.3) is 11.5 Å². The molecule has 2 aromatic rings. The van der Waals surface area contributed by atoms with Crippen LogP contribution in [-0.2, 0) is 0 Å². The molecule has 0 aliphatic heterocycles. The lowest BCUT2D eigenvalue weighted by atomic mass is 10.1. The van der Waals surface area contributed by atoms with Crippen molar-refractivity contribution < 1.29 is 4.79 Å². The lowest BCUT2D eigenvalue weighted by molar-refractivity contribution is 0.0938. The van der Waals surface area contributed by atoms with Gasteiger partial charge in [-0.2, -0.15) is 0 Å². The fraction of sp³-hybridized carbons (Fsp3) is 0.154. The van der Waals surface area contributed by atoms with E-state index in [1.54, 1.807) is 6.92 Å². The largest absolute Gasteiger partial charge is 0.345 e. The molecule has 0 aliphatic carbocycles.